The number of unbranched alkanes of at least 4 members (excludes halogenated alkanes) is 3. The number of carbonyl (C=O) groups is 1. The number of aldehydes is 1. The molecule has 0 radical (unpaired) electrons. The van der Waals surface area contributed by atoms with E-state index in [1.807, 2.05) is 25.1 Å². The van der Waals surface area contributed by atoms with Gasteiger partial charge in [-0.15, -0.1) is 11.8 Å². The van der Waals surface area contributed by atoms with Crippen LogP contribution in [0.1, 0.15) is 49.9 Å². The SMILES string of the molecule is CC#CCCCCC.O=Cc1ccccc1. The molecule has 86 valence electrons. The van der Waals surface area contributed by atoms with Crippen LogP contribution in [-0.2, 0) is 0 Å². The molecule has 0 heterocycles. The lowest BCUT2D eigenvalue weighted by molar-refractivity contribution is 0.112. The molecule has 0 fully saturated rings. The maximum absolute atomic E-state index is 10.0. The molecule has 0 bridgehead atoms. The van der Waals surface area contributed by atoms with E-state index in [0.717, 1.165) is 18.3 Å². The molecule has 0 aromatic heterocycles. The van der Waals surface area contributed by atoms with Crippen LogP contribution in [0, 0.1) is 11.8 Å². The maximum Gasteiger partial charge on any atom is 0.150 e. The highest BCUT2D eigenvalue weighted by Crippen LogP contribution is 1.96. The molecule has 0 spiro atoms. The second-order valence-corrected chi connectivity index (χ2v) is 3.41. The van der Waals surface area contributed by atoms with Crippen molar-refractivity contribution in [1.29, 1.82) is 0 Å². The summed E-state index contributed by atoms with van der Waals surface area (Å²) in [5.41, 5.74) is 0.729. The Morgan fingerprint density at radius 3 is 2.31 bits per heavy atom. The molecule has 16 heavy (non-hydrogen) atoms. The van der Waals surface area contributed by atoms with Crippen LogP contribution >= 0.6 is 0 Å². The van der Waals surface area contributed by atoms with E-state index in [1.54, 1.807) is 12.1 Å². The van der Waals surface area contributed by atoms with E-state index in [1.165, 1.54) is 19.3 Å². The van der Waals surface area contributed by atoms with Gasteiger partial charge in [-0.2, -0.15) is 0 Å². The summed E-state index contributed by atoms with van der Waals surface area (Å²) in [7, 11) is 0. The van der Waals surface area contributed by atoms with Gasteiger partial charge in [-0.25, -0.2) is 0 Å². The minimum absolute atomic E-state index is 0.729. The summed E-state index contributed by atoms with van der Waals surface area (Å²) < 4.78 is 0. The summed E-state index contributed by atoms with van der Waals surface area (Å²) in [6, 6.07) is 9.10. The van der Waals surface area contributed by atoms with Crippen LogP contribution in [0.4, 0.5) is 0 Å². The van der Waals surface area contributed by atoms with E-state index in [0.29, 0.717) is 0 Å². The van der Waals surface area contributed by atoms with Gasteiger partial charge < -0.3 is 0 Å². The van der Waals surface area contributed by atoms with Crippen LogP contribution in [-0.4, -0.2) is 6.29 Å². The number of hydrogen-bond donors (Lipinski definition) is 0. The Morgan fingerprint density at radius 1 is 1.19 bits per heavy atom. The van der Waals surface area contributed by atoms with Crippen molar-refractivity contribution >= 4 is 6.29 Å². The van der Waals surface area contributed by atoms with Crippen LogP contribution in [0.15, 0.2) is 30.3 Å². The Kier molecular flexibility index (Phi) is 10.4. The lowest BCUT2D eigenvalue weighted by Gasteiger charge is -1.86. The van der Waals surface area contributed by atoms with Gasteiger partial charge in [0, 0.05) is 12.0 Å². The zero-order chi connectivity index (χ0) is 12.1. The molecular formula is C15H20O. The van der Waals surface area contributed by atoms with Crippen molar-refractivity contribution in [2.45, 2.75) is 39.5 Å². The number of benzene rings is 1. The average Bonchev–Trinajstić information content (AvgIpc) is 2.36. The summed E-state index contributed by atoms with van der Waals surface area (Å²) in [5.74, 6) is 5.91. The zero-order valence-corrected chi connectivity index (χ0v) is 10.2. The summed E-state index contributed by atoms with van der Waals surface area (Å²) in [4.78, 5) is 10.0. The Morgan fingerprint density at radius 2 is 1.88 bits per heavy atom. The van der Waals surface area contributed by atoms with E-state index in [4.69, 9.17) is 0 Å². The second-order valence-electron chi connectivity index (χ2n) is 3.41. The predicted molar refractivity (Wildman–Crippen MR) is 69.4 cm³/mol. The average molecular weight is 216 g/mol. The maximum atomic E-state index is 10.0. The van der Waals surface area contributed by atoms with Crippen LogP contribution in [0.5, 0.6) is 0 Å². The number of rotatable bonds is 4. The van der Waals surface area contributed by atoms with Gasteiger partial charge in [0.15, 0.2) is 0 Å². The molecule has 1 aromatic rings. The molecule has 1 heteroatoms. The molecule has 0 aliphatic rings. The van der Waals surface area contributed by atoms with Crippen LogP contribution < -0.4 is 0 Å². The zero-order valence-electron chi connectivity index (χ0n) is 10.2. The highest BCUT2D eigenvalue weighted by Gasteiger charge is 1.80. The van der Waals surface area contributed by atoms with Gasteiger partial charge in [0.25, 0.3) is 0 Å². The fourth-order valence-corrected chi connectivity index (χ4v) is 1.12. The number of carbonyl (C=O) groups excluding carboxylic acids is 1. The first-order chi connectivity index (χ1) is 7.85. The van der Waals surface area contributed by atoms with Crippen LogP contribution in [0.2, 0.25) is 0 Å². The van der Waals surface area contributed by atoms with Crippen molar-refractivity contribution in [2.75, 3.05) is 0 Å². The van der Waals surface area contributed by atoms with Gasteiger partial charge in [-0.05, 0) is 13.3 Å². The summed E-state index contributed by atoms with van der Waals surface area (Å²) in [6.45, 7) is 4.10. The van der Waals surface area contributed by atoms with E-state index in [9.17, 15) is 4.79 Å². The molecule has 0 amide bonds. The Hall–Kier alpha value is -1.55. The standard InChI is InChI=1S/C8H14.C7H6O/c1-3-5-7-8-6-4-2;8-6-7-4-2-1-3-5-7/h3,5,7-8H2,1-2H3;1-6H. The van der Waals surface area contributed by atoms with Crippen LogP contribution in [0.3, 0.4) is 0 Å². The molecule has 0 aliphatic heterocycles. The molecule has 1 aromatic carbocycles. The minimum atomic E-state index is 0.729. The monoisotopic (exact) mass is 216 g/mol. The smallest absolute Gasteiger partial charge is 0.150 e. The van der Waals surface area contributed by atoms with Crippen molar-refractivity contribution in [1.82, 2.24) is 0 Å². The third-order valence-corrected chi connectivity index (χ3v) is 2.02. The molecule has 0 aliphatic carbocycles. The summed E-state index contributed by atoms with van der Waals surface area (Å²) in [5, 5.41) is 0. The normalized spacial score (nSPS) is 8.12. The highest BCUT2D eigenvalue weighted by molar-refractivity contribution is 5.74. The van der Waals surface area contributed by atoms with Crippen LogP contribution in [0.25, 0.3) is 0 Å². The predicted octanol–water partition coefficient (Wildman–Crippen LogP) is 4.09. The lowest BCUT2D eigenvalue weighted by Crippen LogP contribution is -1.73. The molecule has 0 atom stereocenters. The molecule has 1 rings (SSSR count). The first-order valence-electron chi connectivity index (χ1n) is 5.75. The second kappa shape index (κ2) is 11.5. The van der Waals surface area contributed by atoms with Crippen molar-refractivity contribution in [3.63, 3.8) is 0 Å². The Balaban J connectivity index is 0.000000281. The van der Waals surface area contributed by atoms with Crippen molar-refractivity contribution in [2.24, 2.45) is 0 Å². The van der Waals surface area contributed by atoms with Crippen molar-refractivity contribution < 1.29 is 4.79 Å². The molecule has 0 N–H and O–H groups in total. The Labute approximate surface area is 98.9 Å². The van der Waals surface area contributed by atoms with Gasteiger partial charge in [0.1, 0.15) is 6.29 Å². The molecule has 0 saturated heterocycles. The fraction of sp³-hybridized carbons (Fsp3) is 0.400. The Bertz CT molecular complexity index is 316. The minimum Gasteiger partial charge on any atom is -0.298 e. The topological polar surface area (TPSA) is 17.1 Å². The van der Waals surface area contributed by atoms with Gasteiger partial charge in [0.2, 0.25) is 0 Å². The molecule has 0 saturated carbocycles. The quantitative estimate of drug-likeness (QED) is 0.421. The largest absolute Gasteiger partial charge is 0.298 e. The third kappa shape index (κ3) is 9.02. The van der Waals surface area contributed by atoms with Gasteiger partial charge in [0.05, 0.1) is 0 Å². The molecular weight excluding hydrogens is 196 g/mol. The summed E-state index contributed by atoms with van der Waals surface area (Å²) >= 11 is 0. The molecule has 0 unspecified atom stereocenters. The van der Waals surface area contributed by atoms with E-state index < -0.39 is 0 Å². The van der Waals surface area contributed by atoms with Crippen molar-refractivity contribution in [3.05, 3.63) is 35.9 Å². The first-order valence-corrected chi connectivity index (χ1v) is 5.75. The highest BCUT2D eigenvalue weighted by atomic mass is 16.1. The van der Waals surface area contributed by atoms with E-state index >= 15 is 0 Å². The van der Waals surface area contributed by atoms with E-state index in [-0.39, 0.29) is 0 Å². The van der Waals surface area contributed by atoms with Gasteiger partial charge >= 0.3 is 0 Å². The van der Waals surface area contributed by atoms with E-state index in [2.05, 4.69) is 18.8 Å². The first kappa shape index (κ1) is 14.5. The number of hydrogen-bond acceptors (Lipinski definition) is 1. The fourth-order valence-electron chi connectivity index (χ4n) is 1.12. The van der Waals surface area contributed by atoms with Gasteiger partial charge in [-0.3, -0.25) is 4.79 Å². The molecule has 1 nitrogen and oxygen atoms in total. The third-order valence-electron chi connectivity index (χ3n) is 2.02. The van der Waals surface area contributed by atoms with Crippen molar-refractivity contribution in [3.8, 4) is 11.8 Å². The lowest BCUT2D eigenvalue weighted by atomic mass is 10.2. The van der Waals surface area contributed by atoms with Gasteiger partial charge in [-0.1, -0.05) is 50.1 Å². The summed E-state index contributed by atoms with van der Waals surface area (Å²) in [6.07, 6.45) is 5.82.